The van der Waals surface area contributed by atoms with E-state index in [1.165, 1.54) is 0 Å². The van der Waals surface area contributed by atoms with Crippen LogP contribution in [0.3, 0.4) is 0 Å². The third-order valence-corrected chi connectivity index (χ3v) is 1.49. The lowest BCUT2D eigenvalue weighted by Gasteiger charge is -2.15. The van der Waals surface area contributed by atoms with Gasteiger partial charge in [0.15, 0.2) is 0 Å². The monoisotopic (exact) mass is 131 g/mol. The summed E-state index contributed by atoms with van der Waals surface area (Å²) in [5.41, 5.74) is 0.894. The Morgan fingerprint density at radius 1 is 1.70 bits per heavy atom. The molecule has 2 heterocycles. The molecule has 0 saturated heterocycles. The third kappa shape index (κ3) is 0.692. The van der Waals surface area contributed by atoms with Gasteiger partial charge >= 0.3 is 0 Å². The summed E-state index contributed by atoms with van der Waals surface area (Å²) in [5.74, 6) is 0.882. The molecule has 2 aliphatic rings. The first-order valence-electron chi connectivity index (χ1n) is 3.16. The SMILES string of the molecule is C=C1[C]=C2N=CCN2C=C1. The topological polar surface area (TPSA) is 15.6 Å². The summed E-state index contributed by atoms with van der Waals surface area (Å²) < 4.78 is 0. The van der Waals surface area contributed by atoms with Gasteiger partial charge in [0.05, 0.1) is 6.54 Å². The van der Waals surface area contributed by atoms with Crippen molar-refractivity contribution in [3.8, 4) is 0 Å². The maximum absolute atomic E-state index is 4.10. The number of rotatable bonds is 0. The normalized spacial score (nSPS) is 21.4. The molecule has 49 valence electrons. The van der Waals surface area contributed by atoms with Crippen LogP contribution in [0.15, 0.2) is 35.2 Å². The van der Waals surface area contributed by atoms with Crippen LogP contribution in [0.2, 0.25) is 0 Å². The summed E-state index contributed by atoms with van der Waals surface area (Å²) in [4.78, 5) is 6.12. The van der Waals surface area contributed by atoms with Crippen LogP contribution in [-0.4, -0.2) is 17.7 Å². The zero-order valence-corrected chi connectivity index (χ0v) is 5.54. The van der Waals surface area contributed by atoms with Crippen LogP contribution < -0.4 is 0 Å². The molecule has 2 nitrogen and oxygen atoms in total. The van der Waals surface area contributed by atoms with Crippen LogP contribution >= 0.6 is 0 Å². The Labute approximate surface area is 59.9 Å². The second-order valence-corrected chi connectivity index (χ2v) is 2.25. The molecule has 10 heavy (non-hydrogen) atoms. The minimum Gasteiger partial charge on any atom is -0.327 e. The molecule has 0 atom stereocenters. The van der Waals surface area contributed by atoms with Gasteiger partial charge in [0.25, 0.3) is 0 Å². The highest BCUT2D eigenvalue weighted by Crippen LogP contribution is 2.17. The molecule has 0 amide bonds. The lowest BCUT2D eigenvalue weighted by Crippen LogP contribution is -2.13. The van der Waals surface area contributed by atoms with E-state index in [2.05, 4.69) is 17.6 Å². The molecule has 0 aromatic carbocycles. The molecular weight excluding hydrogens is 124 g/mol. The number of nitrogens with zero attached hydrogens (tertiary/aromatic N) is 2. The van der Waals surface area contributed by atoms with E-state index < -0.39 is 0 Å². The quantitative estimate of drug-likeness (QED) is 0.480. The van der Waals surface area contributed by atoms with E-state index in [4.69, 9.17) is 0 Å². The highest BCUT2D eigenvalue weighted by molar-refractivity contribution is 5.65. The molecule has 0 spiro atoms. The van der Waals surface area contributed by atoms with E-state index in [-0.39, 0.29) is 0 Å². The first kappa shape index (κ1) is 5.47. The van der Waals surface area contributed by atoms with Crippen LogP contribution in [0.4, 0.5) is 0 Å². The number of hydrogen-bond acceptors (Lipinski definition) is 2. The van der Waals surface area contributed by atoms with Gasteiger partial charge in [-0.3, -0.25) is 0 Å². The highest BCUT2D eigenvalue weighted by atomic mass is 15.2. The molecular formula is C8H7N2. The van der Waals surface area contributed by atoms with Gasteiger partial charge in [0.2, 0.25) is 0 Å². The van der Waals surface area contributed by atoms with Crippen molar-refractivity contribution in [3.05, 3.63) is 36.3 Å². The van der Waals surface area contributed by atoms with Crippen molar-refractivity contribution < 1.29 is 0 Å². The first-order chi connectivity index (χ1) is 4.86. The summed E-state index contributed by atoms with van der Waals surface area (Å²) in [6, 6.07) is 0. The molecule has 1 radical (unpaired) electrons. The van der Waals surface area contributed by atoms with Gasteiger partial charge in [-0.05, 0) is 11.6 Å². The lowest BCUT2D eigenvalue weighted by atomic mass is 10.2. The third-order valence-electron chi connectivity index (χ3n) is 1.49. The summed E-state index contributed by atoms with van der Waals surface area (Å²) in [6.07, 6.45) is 8.81. The smallest absolute Gasteiger partial charge is 0.141 e. The van der Waals surface area contributed by atoms with E-state index >= 15 is 0 Å². The van der Waals surface area contributed by atoms with E-state index in [1.807, 2.05) is 23.4 Å². The lowest BCUT2D eigenvalue weighted by molar-refractivity contribution is 0.545. The first-order valence-corrected chi connectivity index (χ1v) is 3.16. The van der Waals surface area contributed by atoms with E-state index in [0.717, 1.165) is 17.9 Å². The highest BCUT2D eigenvalue weighted by Gasteiger charge is 2.12. The molecule has 0 unspecified atom stereocenters. The minimum atomic E-state index is 0.867. The minimum absolute atomic E-state index is 0.867. The van der Waals surface area contributed by atoms with Crippen molar-refractivity contribution in [2.45, 2.75) is 0 Å². The average Bonchev–Trinajstić information content (AvgIpc) is 2.33. The number of hydrogen-bond donors (Lipinski definition) is 0. The molecule has 0 aliphatic carbocycles. The molecule has 0 saturated carbocycles. The van der Waals surface area contributed by atoms with Crippen LogP contribution in [-0.2, 0) is 0 Å². The van der Waals surface area contributed by atoms with Crippen molar-refractivity contribution in [1.82, 2.24) is 4.90 Å². The molecule has 2 aliphatic heterocycles. The Balaban J connectivity index is 2.37. The number of fused-ring (bicyclic) bond motifs is 1. The second kappa shape index (κ2) is 1.84. The number of aliphatic imine (C=N–C) groups is 1. The van der Waals surface area contributed by atoms with Crippen molar-refractivity contribution in [2.24, 2.45) is 4.99 Å². The van der Waals surface area contributed by atoms with Crippen molar-refractivity contribution in [3.63, 3.8) is 0 Å². The summed E-state index contributed by atoms with van der Waals surface area (Å²) >= 11 is 0. The standard InChI is InChI=1S/C8H7N2/c1-7-2-4-10-5-3-9-8(10)6-7/h2-4H,1,5H2. The van der Waals surface area contributed by atoms with E-state index in [0.29, 0.717) is 0 Å². The van der Waals surface area contributed by atoms with Gasteiger partial charge in [-0.15, -0.1) is 0 Å². The zero-order chi connectivity index (χ0) is 6.97. The van der Waals surface area contributed by atoms with Gasteiger partial charge < -0.3 is 4.90 Å². The largest absolute Gasteiger partial charge is 0.327 e. The fraction of sp³-hybridized carbons (Fsp3) is 0.125. The van der Waals surface area contributed by atoms with Gasteiger partial charge in [-0.1, -0.05) is 6.58 Å². The average molecular weight is 131 g/mol. The fourth-order valence-corrected chi connectivity index (χ4v) is 0.977. The Kier molecular flexibility index (Phi) is 1.01. The van der Waals surface area contributed by atoms with Gasteiger partial charge in [0, 0.05) is 18.5 Å². The van der Waals surface area contributed by atoms with Gasteiger partial charge in [-0.25, -0.2) is 4.99 Å². The van der Waals surface area contributed by atoms with Gasteiger partial charge in [0.1, 0.15) is 5.82 Å². The van der Waals surface area contributed by atoms with Crippen LogP contribution in [0, 0.1) is 6.08 Å². The molecule has 0 bridgehead atoms. The van der Waals surface area contributed by atoms with E-state index in [9.17, 15) is 0 Å². The molecule has 0 fully saturated rings. The maximum atomic E-state index is 4.10. The summed E-state index contributed by atoms with van der Waals surface area (Å²) in [7, 11) is 0. The van der Waals surface area contributed by atoms with Crippen molar-refractivity contribution in [1.29, 1.82) is 0 Å². The fourth-order valence-electron chi connectivity index (χ4n) is 0.977. The summed E-state index contributed by atoms with van der Waals surface area (Å²) in [6.45, 7) is 4.62. The number of allylic oxidation sites excluding steroid dienone is 3. The summed E-state index contributed by atoms with van der Waals surface area (Å²) in [5, 5.41) is 0. The van der Waals surface area contributed by atoms with Crippen molar-refractivity contribution in [2.75, 3.05) is 6.54 Å². The molecule has 2 heteroatoms. The molecule has 0 N–H and O–H groups in total. The van der Waals surface area contributed by atoms with E-state index in [1.54, 1.807) is 0 Å². The Morgan fingerprint density at radius 2 is 2.60 bits per heavy atom. The Bertz CT molecular complexity index is 258. The van der Waals surface area contributed by atoms with Gasteiger partial charge in [-0.2, -0.15) is 0 Å². The predicted molar refractivity (Wildman–Crippen MR) is 40.2 cm³/mol. The second-order valence-electron chi connectivity index (χ2n) is 2.25. The molecule has 0 aromatic rings. The molecule has 0 aromatic heterocycles. The zero-order valence-electron chi connectivity index (χ0n) is 5.54. The predicted octanol–water partition coefficient (Wildman–Crippen LogP) is 1.10. The maximum Gasteiger partial charge on any atom is 0.141 e. The van der Waals surface area contributed by atoms with Crippen LogP contribution in [0.1, 0.15) is 0 Å². The molecule has 2 rings (SSSR count). The Morgan fingerprint density at radius 3 is 3.50 bits per heavy atom. The van der Waals surface area contributed by atoms with Crippen molar-refractivity contribution >= 4 is 6.21 Å². The van der Waals surface area contributed by atoms with Crippen LogP contribution in [0.5, 0.6) is 0 Å². The van der Waals surface area contributed by atoms with Crippen LogP contribution in [0.25, 0.3) is 0 Å². The Hall–Kier alpha value is -1.31.